The number of benzene rings is 1. The van der Waals surface area contributed by atoms with Gasteiger partial charge in [0, 0.05) is 37.4 Å². The van der Waals surface area contributed by atoms with Crippen molar-refractivity contribution in [3.8, 4) is 0 Å². The summed E-state index contributed by atoms with van der Waals surface area (Å²) >= 11 is 0. The molecule has 1 saturated heterocycles. The predicted octanol–water partition coefficient (Wildman–Crippen LogP) is 0.0177. The van der Waals surface area contributed by atoms with E-state index in [0.717, 1.165) is 26.2 Å². The smallest absolute Gasteiger partial charge is 0.248 e. The summed E-state index contributed by atoms with van der Waals surface area (Å²) in [7, 11) is 0. The van der Waals surface area contributed by atoms with E-state index in [9.17, 15) is 9.59 Å². The van der Waals surface area contributed by atoms with Crippen LogP contribution < -0.4 is 16.4 Å². The first-order chi connectivity index (χ1) is 9.58. The number of hydrogen-bond donors (Lipinski definition) is 3. The minimum atomic E-state index is -0.475. The van der Waals surface area contributed by atoms with Crippen molar-refractivity contribution in [3.05, 3.63) is 29.8 Å². The number of nitrogens with two attached hydrogens (primary N) is 1. The molecule has 1 aromatic carbocycles. The molecule has 4 N–H and O–H groups in total. The Bertz CT molecular complexity index is 480. The highest BCUT2D eigenvalue weighted by molar-refractivity contribution is 5.96. The molecular formula is C14H20N4O2. The maximum atomic E-state index is 12.2. The minimum absolute atomic E-state index is 0.0428. The molecule has 0 aromatic heterocycles. The van der Waals surface area contributed by atoms with E-state index < -0.39 is 5.91 Å². The van der Waals surface area contributed by atoms with Crippen molar-refractivity contribution in [2.45, 2.75) is 13.0 Å². The third-order valence-corrected chi connectivity index (χ3v) is 3.52. The van der Waals surface area contributed by atoms with Crippen molar-refractivity contribution in [2.24, 2.45) is 5.73 Å². The van der Waals surface area contributed by atoms with Crippen molar-refractivity contribution in [1.29, 1.82) is 0 Å². The second-order valence-corrected chi connectivity index (χ2v) is 4.89. The van der Waals surface area contributed by atoms with Gasteiger partial charge in [0.15, 0.2) is 0 Å². The molecular weight excluding hydrogens is 256 g/mol. The Morgan fingerprint density at radius 2 is 1.85 bits per heavy atom. The van der Waals surface area contributed by atoms with Crippen LogP contribution in [0.5, 0.6) is 0 Å². The summed E-state index contributed by atoms with van der Waals surface area (Å²) in [5, 5.41) is 6.11. The van der Waals surface area contributed by atoms with E-state index >= 15 is 0 Å². The van der Waals surface area contributed by atoms with Gasteiger partial charge in [-0.05, 0) is 31.2 Å². The van der Waals surface area contributed by atoms with Crippen LogP contribution in [0.4, 0.5) is 5.69 Å². The molecule has 6 nitrogen and oxygen atoms in total. The molecule has 0 aliphatic carbocycles. The number of carbonyl (C=O) groups is 2. The molecule has 0 bridgehead atoms. The van der Waals surface area contributed by atoms with Crippen LogP contribution in [0.25, 0.3) is 0 Å². The number of nitrogens with one attached hydrogen (secondary N) is 2. The van der Waals surface area contributed by atoms with Crippen LogP contribution in [-0.4, -0.2) is 48.9 Å². The fourth-order valence-electron chi connectivity index (χ4n) is 2.20. The van der Waals surface area contributed by atoms with Gasteiger partial charge in [0.05, 0.1) is 6.04 Å². The van der Waals surface area contributed by atoms with Gasteiger partial charge in [0.2, 0.25) is 11.8 Å². The molecule has 20 heavy (non-hydrogen) atoms. The van der Waals surface area contributed by atoms with E-state index in [1.807, 2.05) is 6.92 Å². The maximum absolute atomic E-state index is 12.2. The predicted molar refractivity (Wildman–Crippen MR) is 77.5 cm³/mol. The van der Waals surface area contributed by atoms with Crippen molar-refractivity contribution >= 4 is 17.5 Å². The molecule has 2 rings (SSSR count). The van der Waals surface area contributed by atoms with Crippen LogP contribution in [0.15, 0.2) is 24.3 Å². The van der Waals surface area contributed by atoms with Crippen LogP contribution >= 0.6 is 0 Å². The zero-order chi connectivity index (χ0) is 14.5. The highest BCUT2D eigenvalue weighted by Crippen LogP contribution is 2.11. The maximum Gasteiger partial charge on any atom is 0.248 e. The van der Waals surface area contributed by atoms with E-state index in [1.54, 1.807) is 24.3 Å². The number of piperazine rings is 1. The van der Waals surface area contributed by atoms with Crippen LogP contribution in [0.2, 0.25) is 0 Å². The van der Waals surface area contributed by atoms with Crippen LogP contribution in [-0.2, 0) is 4.79 Å². The third kappa shape index (κ3) is 3.55. The lowest BCUT2D eigenvalue weighted by Crippen LogP contribution is -2.51. The molecule has 6 heteroatoms. The Morgan fingerprint density at radius 3 is 2.40 bits per heavy atom. The number of rotatable bonds is 4. The van der Waals surface area contributed by atoms with Gasteiger partial charge >= 0.3 is 0 Å². The second kappa shape index (κ2) is 6.49. The minimum Gasteiger partial charge on any atom is -0.366 e. The normalized spacial score (nSPS) is 17.4. The van der Waals surface area contributed by atoms with Gasteiger partial charge in [-0.3, -0.25) is 14.5 Å². The van der Waals surface area contributed by atoms with E-state index in [2.05, 4.69) is 15.5 Å². The Hall–Kier alpha value is -1.92. The molecule has 1 unspecified atom stereocenters. The zero-order valence-corrected chi connectivity index (χ0v) is 11.6. The lowest BCUT2D eigenvalue weighted by atomic mass is 10.2. The summed E-state index contributed by atoms with van der Waals surface area (Å²) in [6.45, 7) is 5.46. The molecule has 1 aliphatic heterocycles. The molecule has 0 saturated carbocycles. The van der Waals surface area contributed by atoms with Gasteiger partial charge in [-0.1, -0.05) is 0 Å². The highest BCUT2D eigenvalue weighted by Gasteiger charge is 2.22. The summed E-state index contributed by atoms with van der Waals surface area (Å²) in [5.74, 6) is -0.518. The zero-order valence-electron chi connectivity index (χ0n) is 11.6. The number of nitrogens with zero attached hydrogens (tertiary/aromatic N) is 1. The van der Waals surface area contributed by atoms with Crippen molar-refractivity contribution in [3.63, 3.8) is 0 Å². The Morgan fingerprint density at radius 1 is 1.25 bits per heavy atom. The summed E-state index contributed by atoms with van der Waals surface area (Å²) in [4.78, 5) is 25.3. The second-order valence-electron chi connectivity index (χ2n) is 4.89. The summed E-state index contributed by atoms with van der Waals surface area (Å²) in [6.07, 6.45) is 0. The van der Waals surface area contributed by atoms with Gasteiger partial charge in [-0.2, -0.15) is 0 Å². The number of carbonyl (C=O) groups excluding carboxylic acids is 2. The first-order valence-corrected chi connectivity index (χ1v) is 6.73. The fraction of sp³-hybridized carbons (Fsp3) is 0.429. The molecule has 1 heterocycles. The average Bonchev–Trinajstić information content (AvgIpc) is 2.48. The molecule has 1 aliphatic rings. The SMILES string of the molecule is CC(C(=O)Nc1ccc(C(N)=O)cc1)N1CCNCC1. The van der Waals surface area contributed by atoms with E-state index in [-0.39, 0.29) is 11.9 Å². The monoisotopic (exact) mass is 276 g/mol. The molecule has 0 radical (unpaired) electrons. The number of anilines is 1. The molecule has 0 spiro atoms. The average molecular weight is 276 g/mol. The molecule has 2 amide bonds. The standard InChI is InChI=1S/C14H20N4O2/c1-10(18-8-6-16-7-9-18)14(20)17-12-4-2-11(3-5-12)13(15)19/h2-5,10,16H,6-9H2,1H3,(H2,15,19)(H,17,20). The van der Waals surface area contributed by atoms with Gasteiger partial charge < -0.3 is 16.4 Å². The van der Waals surface area contributed by atoms with Crippen LogP contribution in [0, 0.1) is 0 Å². The first kappa shape index (κ1) is 14.5. The van der Waals surface area contributed by atoms with Crippen molar-refractivity contribution in [1.82, 2.24) is 10.2 Å². The van der Waals surface area contributed by atoms with Gasteiger partial charge in [-0.25, -0.2) is 0 Å². The Kier molecular flexibility index (Phi) is 4.70. The largest absolute Gasteiger partial charge is 0.366 e. The Labute approximate surface area is 118 Å². The number of primary amides is 1. The van der Waals surface area contributed by atoms with Crippen molar-refractivity contribution < 1.29 is 9.59 Å². The van der Waals surface area contributed by atoms with Gasteiger partial charge in [-0.15, -0.1) is 0 Å². The van der Waals surface area contributed by atoms with E-state index in [0.29, 0.717) is 11.3 Å². The van der Waals surface area contributed by atoms with Crippen LogP contribution in [0.1, 0.15) is 17.3 Å². The summed E-state index contributed by atoms with van der Waals surface area (Å²) < 4.78 is 0. The fourth-order valence-corrected chi connectivity index (χ4v) is 2.20. The van der Waals surface area contributed by atoms with E-state index in [1.165, 1.54) is 0 Å². The lowest BCUT2D eigenvalue weighted by molar-refractivity contribution is -0.120. The Balaban J connectivity index is 1.94. The first-order valence-electron chi connectivity index (χ1n) is 6.73. The summed E-state index contributed by atoms with van der Waals surface area (Å²) in [5.41, 5.74) is 6.27. The topological polar surface area (TPSA) is 87.5 Å². The molecule has 108 valence electrons. The number of amides is 2. The third-order valence-electron chi connectivity index (χ3n) is 3.52. The molecule has 1 atom stereocenters. The van der Waals surface area contributed by atoms with Gasteiger partial charge in [0.1, 0.15) is 0 Å². The van der Waals surface area contributed by atoms with Crippen LogP contribution in [0.3, 0.4) is 0 Å². The van der Waals surface area contributed by atoms with E-state index in [4.69, 9.17) is 5.73 Å². The summed E-state index contributed by atoms with van der Waals surface area (Å²) in [6, 6.07) is 6.40. The lowest BCUT2D eigenvalue weighted by Gasteiger charge is -2.31. The van der Waals surface area contributed by atoms with Gasteiger partial charge in [0.25, 0.3) is 0 Å². The quantitative estimate of drug-likeness (QED) is 0.723. The molecule has 1 aromatic rings. The van der Waals surface area contributed by atoms with Crippen molar-refractivity contribution in [2.75, 3.05) is 31.5 Å². The molecule has 1 fully saturated rings. The highest BCUT2D eigenvalue weighted by atomic mass is 16.2. The number of hydrogen-bond acceptors (Lipinski definition) is 4.